The number of hydrogen-bond donors (Lipinski definition) is 1. The van der Waals surface area contributed by atoms with Crippen molar-refractivity contribution in [1.29, 1.82) is 0 Å². The smallest absolute Gasteiger partial charge is 0.363 e. The first-order valence-electron chi connectivity index (χ1n) is 5.28. The molecule has 0 saturated carbocycles. The zero-order chi connectivity index (χ0) is 13.1. The van der Waals surface area contributed by atoms with Gasteiger partial charge in [-0.1, -0.05) is 0 Å². The lowest BCUT2D eigenvalue weighted by molar-refractivity contribution is -0.389. The van der Waals surface area contributed by atoms with E-state index in [1.807, 2.05) is 0 Å². The summed E-state index contributed by atoms with van der Waals surface area (Å²) in [7, 11) is 0. The summed E-state index contributed by atoms with van der Waals surface area (Å²) in [5, 5.41) is 19.3. The van der Waals surface area contributed by atoms with Crippen LogP contribution in [0.1, 0.15) is 0 Å². The molecule has 1 atom stereocenters. The van der Waals surface area contributed by atoms with Crippen molar-refractivity contribution in [1.82, 2.24) is 4.98 Å². The standard InChI is InChI=1S/C10H11N3O5/c14-10(15)8-6-12(3-4-18-8)7-1-2-9(11-5-7)13(16)17/h1-2,5,8H,3-4,6H2,(H,14,15). The van der Waals surface area contributed by atoms with Crippen molar-refractivity contribution in [2.45, 2.75) is 6.10 Å². The molecule has 8 nitrogen and oxygen atoms in total. The van der Waals surface area contributed by atoms with Gasteiger partial charge in [-0.25, -0.2) is 4.79 Å². The summed E-state index contributed by atoms with van der Waals surface area (Å²) in [5.41, 5.74) is 0.648. The van der Waals surface area contributed by atoms with E-state index >= 15 is 0 Å². The summed E-state index contributed by atoms with van der Waals surface area (Å²) >= 11 is 0. The summed E-state index contributed by atoms with van der Waals surface area (Å²) in [6.45, 7) is 1.03. The summed E-state index contributed by atoms with van der Waals surface area (Å²) in [6, 6.07) is 2.84. The maximum absolute atomic E-state index is 10.8. The fraction of sp³-hybridized carbons (Fsp3) is 0.400. The van der Waals surface area contributed by atoms with Crippen LogP contribution in [0.15, 0.2) is 18.3 Å². The van der Waals surface area contributed by atoms with E-state index in [1.54, 1.807) is 11.0 Å². The molecule has 0 radical (unpaired) electrons. The van der Waals surface area contributed by atoms with Crippen LogP contribution < -0.4 is 4.90 Å². The highest BCUT2D eigenvalue weighted by Crippen LogP contribution is 2.19. The molecule has 1 aromatic heterocycles. The summed E-state index contributed by atoms with van der Waals surface area (Å²) < 4.78 is 5.08. The average molecular weight is 253 g/mol. The van der Waals surface area contributed by atoms with Gasteiger partial charge in [0.25, 0.3) is 0 Å². The number of pyridine rings is 1. The first-order chi connectivity index (χ1) is 8.58. The van der Waals surface area contributed by atoms with E-state index in [4.69, 9.17) is 9.84 Å². The number of nitro groups is 1. The molecule has 1 aromatic rings. The molecule has 0 amide bonds. The largest absolute Gasteiger partial charge is 0.479 e. The number of rotatable bonds is 3. The Balaban J connectivity index is 2.11. The van der Waals surface area contributed by atoms with Gasteiger partial charge in [0.2, 0.25) is 0 Å². The average Bonchev–Trinajstić information content (AvgIpc) is 2.39. The fourth-order valence-corrected chi connectivity index (χ4v) is 1.71. The molecule has 96 valence electrons. The van der Waals surface area contributed by atoms with Crippen LogP contribution in [0.5, 0.6) is 0 Å². The van der Waals surface area contributed by atoms with Crippen molar-refractivity contribution >= 4 is 17.5 Å². The molecule has 1 fully saturated rings. The van der Waals surface area contributed by atoms with Gasteiger partial charge < -0.3 is 24.9 Å². The molecule has 0 bridgehead atoms. The van der Waals surface area contributed by atoms with Gasteiger partial charge in [-0.05, 0) is 16.0 Å². The molecule has 8 heteroatoms. The van der Waals surface area contributed by atoms with Crippen LogP contribution in [-0.2, 0) is 9.53 Å². The predicted molar refractivity (Wildman–Crippen MR) is 60.5 cm³/mol. The van der Waals surface area contributed by atoms with Crippen LogP contribution >= 0.6 is 0 Å². The second-order valence-electron chi connectivity index (χ2n) is 3.78. The van der Waals surface area contributed by atoms with E-state index in [0.29, 0.717) is 18.8 Å². The number of nitrogens with zero attached hydrogens (tertiary/aromatic N) is 3. The van der Waals surface area contributed by atoms with Crippen molar-refractivity contribution in [3.63, 3.8) is 0 Å². The topological polar surface area (TPSA) is 106 Å². The molecule has 0 aliphatic carbocycles. The maximum atomic E-state index is 10.8. The number of carboxylic acids is 1. The van der Waals surface area contributed by atoms with Crippen LogP contribution in [0.4, 0.5) is 11.5 Å². The van der Waals surface area contributed by atoms with Crippen LogP contribution in [-0.4, -0.2) is 46.8 Å². The summed E-state index contributed by atoms with van der Waals surface area (Å²) in [4.78, 5) is 26.2. The van der Waals surface area contributed by atoms with Crippen molar-refractivity contribution in [2.24, 2.45) is 0 Å². The molecule has 1 unspecified atom stereocenters. The van der Waals surface area contributed by atoms with Gasteiger partial charge in [-0.15, -0.1) is 0 Å². The van der Waals surface area contributed by atoms with Crippen molar-refractivity contribution < 1.29 is 19.6 Å². The minimum Gasteiger partial charge on any atom is -0.479 e. The van der Waals surface area contributed by atoms with Crippen molar-refractivity contribution in [2.75, 3.05) is 24.6 Å². The van der Waals surface area contributed by atoms with Crippen LogP contribution in [0, 0.1) is 10.1 Å². The molecular formula is C10H11N3O5. The number of aromatic nitrogens is 1. The number of morpholine rings is 1. The third-order valence-electron chi connectivity index (χ3n) is 2.63. The lowest BCUT2D eigenvalue weighted by Gasteiger charge is -2.31. The lowest BCUT2D eigenvalue weighted by Crippen LogP contribution is -2.46. The van der Waals surface area contributed by atoms with Gasteiger partial charge in [0.05, 0.1) is 18.8 Å². The Morgan fingerprint density at radius 1 is 1.61 bits per heavy atom. The van der Waals surface area contributed by atoms with Gasteiger partial charge in [0, 0.05) is 12.6 Å². The number of ether oxygens (including phenoxy) is 1. The van der Waals surface area contributed by atoms with Crippen molar-refractivity contribution in [3.05, 3.63) is 28.4 Å². The van der Waals surface area contributed by atoms with Crippen LogP contribution in [0.25, 0.3) is 0 Å². The molecule has 1 aliphatic heterocycles. The highest BCUT2D eigenvalue weighted by molar-refractivity contribution is 5.73. The van der Waals surface area contributed by atoms with E-state index < -0.39 is 17.0 Å². The van der Waals surface area contributed by atoms with Gasteiger partial charge >= 0.3 is 11.8 Å². The van der Waals surface area contributed by atoms with E-state index in [1.165, 1.54) is 12.3 Å². The number of anilines is 1. The molecule has 2 heterocycles. The maximum Gasteiger partial charge on any atom is 0.363 e. The third-order valence-corrected chi connectivity index (χ3v) is 2.63. The number of hydrogen-bond acceptors (Lipinski definition) is 6. The molecule has 1 aliphatic rings. The van der Waals surface area contributed by atoms with E-state index in [-0.39, 0.29) is 12.4 Å². The SMILES string of the molecule is O=C(O)C1CN(c2ccc([N+](=O)[O-])nc2)CCO1. The Morgan fingerprint density at radius 2 is 2.39 bits per heavy atom. The molecule has 18 heavy (non-hydrogen) atoms. The number of aliphatic carboxylic acids is 1. The Kier molecular flexibility index (Phi) is 3.38. The number of carboxylic acid groups (broad SMARTS) is 1. The quantitative estimate of drug-likeness (QED) is 0.609. The second-order valence-corrected chi connectivity index (χ2v) is 3.78. The summed E-state index contributed by atoms with van der Waals surface area (Å²) in [6.07, 6.45) is 0.483. The van der Waals surface area contributed by atoms with E-state index in [0.717, 1.165) is 0 Å². The Hall–Kier alpha value is -2.22. The molecular weight excluding hydrogens is 242 g/mol. The van der Waals surface area contributed by atoms with E-state index in [9.17, 15) is 14.9 Å². The lowest BCUT2D eigenvalue weighted by atomic mass is 10.2. The fourth-order valence-electron chi connectivity index (χ4n) is 1.71. The minimum atomic E-state index is -1.02. The van der Waals surface area contributed by atoms with Crippen molar-refractivity contribution in [3.8, 4) is 0 Å². The highest BCUT2D eigenvalue weighted by Gasteiger charge is 2.27. The normalized spacial score (nSPS) is 19.6. The third kappa shape index (κ3) is 2.54. The number of carbonyl (C=O) groups is 1. The Morgan fingerprint density at radius 3 is 2.94 bits per heavy atom. The molecule has 0 aromatic carbocycles. The Bertz CT molecular complexity index is 461. The first-order valence-corrected chi connectivity index (χ1v) is 5.28. The van der Waals surface area contributed by atoms with Gasteiger partial charge in [-0.2, -0.15) is 0 Å². The van der Waals surface area contributed by atoms with Gasteiger partial charge in [0.1, 0.15) is 0 Å². The molecule has 0 spiro atoms. The second kappa shape index (κ2) is 4.96. The minimum absolute atomic E-state index is 0.203. The molecule has 2 rings (SSSR count). The first kappa shape index (κ1) is 12.2. The zero-order valence-electron chi connectivity index (χ0n) is 9.35. The van der Waals surface area contributed by atoms with E-state index in [2.05, 4.69) is 4.98 Å². The molecule has 1 N–H and O–H groups in total. The van der Waals surface area contributed by atoms with Crippen LogP contribution in [0.2, 0.25) is 0 Å². The predicted octanol–water partition coefficient (Wildman–Crippen LogP) is 0.280. The Labute approximate surface area is 102 Å². The zero-order valence-corrected chi connectivity index (χ0v) is 9.35. The molecule has 1 saturated heterocycles. The monoisotopic (exact) mass is 253 g/mol. The highest BCUT2D eigenvalue weighted by atomic mass is 16.6. The van der Waals surface area contributed by atoms with Crippen LogP contribution in [0.3, 0.4) is 0 Å². The van der Waals surface area contributed by atoms with Gasteiger partial charge in [-0.3, -0.25) is 0 Å². The van der Waals surface area contributed by atoms with Gasteiger partial charge in [0.15, 0.2) is 12.3 Å². The summed E-state index contributed by atoms with van der Waals surface area (Å²) in [5.74, 6) is -1.25.